The van der Waals surface area contributed by atoms with Crippen LogP contribution in [0.25, 0.3) is 0 Å². The third kappa shape index (κ3) is 7.46. The van der Waals surface area contributed by atoms with Gasteiger partial charge in [0.1, 0.15) is 11.8 Å². The van der Waals surface area contributed by atoms with Crippen molar-refractivity contribution in [1.82, 2.24) is 5.32 Å². The standard InChI is InChI=1S/C23H29NO4S/c1-15(2)12-21(29)19(13-16-6-4-3-5-7-16)22(26)24-20(23(27)28)14-17-8-10-18(25)11-9-17/h3-11,15,19-21,25,29H,12-14H2,1-2H3,(H,24,26)(H,27,28)/t19?,20-,21?/m0/s1. The maximum atomic E-state index is 13.1. The molecule has 2 aromatic rings. The summed E-state index contributed by atoms with van der Waals surface area (Å²) in [5, 5.41) is 21.5. The van der Waals surface area contributed by atoms with Crippen molar-refractivity contribution < 1.29 is 19.8 Å². The number of carbonyl (C=O) groups is 2. The van der Waals surface area contributed by atoms with Gasteiger partial charge in [0.05, 0.1) is 5.92 Å². The minimum absolute atomic E-state index is 0.110. The van der Waals surface area contributed by atoms with E-state index in [1.165, 1.54) is 12.1 Å². The molecule has 0 spiro atoms. The quantitative estimate of drug-likeness (QED) is 0.446. The number of aliphatic carboxylic acids is 1. The Morgan fingerprint density at radius 1 is 0.966 bits per heavy atom. The number of amides is 1. The summed E-state index contributed by atoms with van der Waals surface area (Å²) in [6, 6.07) is 14.9. The Morgan fingerprint density at radius 3 is 2.10 bits per heavy atom. The van der Waals surface area contributed by atoms with E-state index in [1.807, 2.05) is 30.3 Å². The number of carboxylic acid groups (broad SMARTS) is 1. The number of hydrogen-bond donors (Lipinski definition) is 4. The van der Waals surface area contributed by atoms with Crippen LogP contribution in [0.4, 0.5) is 0 Å². The largest absolute Gasteiger partial charge is 0.508 e. The van der Waals surface area contributed by atoms with E-state index in [9.17, 15) is 19.8 Å². The van der Waals surface area contributed by atoms with Crippen LogP contribution in [0.5, 0.6) is 5.75 Å². The summed E-state index contributed by atoms with van der Waals surface area (Å²) in [5.74, 6) is -1.36. The zero-order valence-corrected chi connectivity index (χ0v) is 17.7. The van der Waals surface area contributed by atoms with Gasteiger partial charge in [-0.05, 0) is 42.0 Å². The molecular formula is C23H29NO4S. The number of carboxylic acids is 1. The summed E-state index contributed by atoms with van der Waals surface area (Å²) in [6.07, 6.45) is 1.39. The number of benzene rings is 2. The second kappa shape index (κ2) is 10.9. The van der Waals surface area contributed by atoms with E-state index in [0.29, 0.717) is 12.3 Å². The van der Waals surface area contributed by atoms with Crippen molar-refractivity contribution in [1.29, 1.82) is 0 Å². The second-order valence-electron chi connectivity index (χ2n) is 7.76. The van der Waals surface area contributed by atoms with Gasteiger partial charge in [-0.15, -0.1) is 0 Å². The number of carbonyl (C=O) groups excluding carboxylic acids is 1. The number of aromatic hydroxyl groups is 1. The minimum atomic E-state index is -1.09. The number of hydrogen-bond acceptors (Lipinski definition) is 4. The lowest BCUT2D eigenvalue weighted by molar-refractivity contribution is -0.142. The molecule has 0 radical (unpaired) electrons. The molecule has 2 aromatic carbocycles. The zero-order chi connectivity index (χ0) is 21.4. The molecule has 2 rings (SSSR count). The van der Waals surface area contributed by atoms with Gasteiger partial charge in [-0.25, -0.2) is 4.79 Å². The number of phenolic OH excluding ortho intramolecular Hbond substituents is 1. The highest BCUT2D eigenvalue weighted by Gasteiger charge is 2.30. The summed E-state index contributed by atoms with van der Waals surface area (Å²) in [6.45, 7) is 4.15. The Kier molecular flexibility index (Phi) is 8.58. The van der Waals surface area contributed by atoms with Gasteiger partial charge in [0, 0.05) is 11.7 Å². The molecule has 2 unspecified atom stereocenters. The lowest BCUT2D eigenvalue weighted by Crippen LogP contribution is -2.47. The molecule has 0 saturated carbocycles. The topological polar surface area (TPSA) is 86.6 Å². The van der Waals surface area contributed by atoms with Crippen LogP contribution in [0, 0.1) is 11.8 Å². The van der Waals surface area contributed by atoms with E-state index < -0.39 is 17.9 Å². The molecule has 3 atom stereocenters. The first-order valence-corrected chi connectivity index (χ1v) is 10.3. The fourth-order valence-corrected chi connectivity index (χ4v) is 3.93. The summed E-state index contributed by atoms with van der Waals surface area (Å²) >= 11 is 4.68. The maximum Gasteiger partial charge on any atom is 0.326 e. The van der Waals surface area contributed by atoms with Crippen molar-refractivity contribution in [2.75, 3.05) is 0 Å². The van der Waals surface area contributed by atoms with Crippen LogP contribution < -0.4 is 5.32 Å². The van der Waals surface area contributed by atoms with E-state index in [-0.39, 0.29) is 23.3 Å². The van der Waals surface area contributed by atoms with Crippen molar-refractivity contribution in [2.24, 2.45) is 11.8 Å². The molecule has 6 heteroatoms. The van der Waals surface area contributed by atoms with Crippen molar-refractivity contribution >= 4 is 24.5 Å². The third-order valence-corrected chi connectivity index (χ3v) is 5.37. The van der Waals surface area contributed by atoms with Crippen molar-refractivity contribution in [3.05, 3.63) is 65.7 Å². The average Bonchev–Trinajstić information content (AvgIpc) is 2.67. The normalized spacial score (nSPS) is 14.2. The van der Waals surface area contributed by atoms with Crippen LogP contribution >= 0.6 is 12.6 Å². The van der Waals surface area contributed by atoms with Crippen molar-refractivity contribution in [2.45, 2.75) is 44.4 Å². The molecule has 0 saturated heterocycles. The first kappa shape index (κ1) is 22.8. The molecule has 0 aromatic heterocycles. The molecule has 3 N–H and O–H groups in total. The molecule has 1 amide bonds. The monoisotopic (exact) mass is 415 g/mol. The molecule has 0 fully saturated rings. The molecule has 0 heterocycles. The first-order valence-electron chi connectivity index (χ1n) is 9.79. The Bertz CT molecular complexity index is 792. The molecule has 0 aliphatic heterocycles. The summed E-state index contributed by atoms with van der Waals surface area (Å²) in [7, 11) is 0. The lowest BCUT2D eigenvalue weighted by Gasteiger charge is -2.26. The predicted molar refractivity (Wildman–Crippen MR) is 117 cm³/mol. The first-order chi connectivity index (χ1) is 13.8. The predicted octanol–water partition coefficient (Wildman–Crippen LogP) is 3.71. The van der Waals surface area contributed by atoms with Crippen molar-refractivity contribution in [3.63, 3.8) is 0 Å². The highest BCUT2D eigenvalue weighted by molar-refractivity contribution is 7.81. The van der Waals surface area contributed by atoms with E-state index in [0.717, 1.165) is 17.5 Å². The van der Waals surface area contributed by atoms with Gasteiger partial charge in [-0.2, -0.15) is 12.6 Å². The average molecular weight is 416 g/mol. The molecule has 0 bridgehead atoms. The Labute approximate surface area is 177 Å². The van der Waals surface area contributed by atoms with Gasteiger partial charge >= 0.3 is 5.97 Å². The Morgan fingerprint density at radius 2 is 1.55 bits per heavy atom. The zero-order valence-electron chi connectivity index (χ0n) is 16.8. The van der Waals surface area contributed by atoms with Gasteiger partial charge in [0.2, 0.25) is 5.91 Å². The molecule has 0 aliphatic rings. The second-order valence-corrected chi connectivity index (χ2v) is 8.43. The number of rotatable bonds is 10. The van der Waals surface area contributed by atoms with Crippen LogP contribution in [0.1, 0.15) is 31.4 Å². The van der Waals surface area contributed by atoms with E-state index in [4.69, 9.17) is 0 Å². The van der Waals surface area contributed by atoms with Gasteiger partial charge in [0.15, 0.2) is 0 Å². The van der Waals surface area contributed by atoms with Crippen LogP contribution in [0.15, 0.2) is 54.6 Å². The van der Waals surface area contributed by atoms with E-state index in [1.54, 1.807) is 12.1 Å². The number of phenols is 1. The smallest absolute Gasteiger partial charge is 0.326 e. The molecule has 156 valence electrons. The van der Waals surface area contributed by atoms with Crippen molar-refractivity contribution in [3.8, 4) is 5.75 Å². The fraction of sp³-hybridized carbons (Fsp3) is 0.391. The van der Waals surface area contributed by atoms with Crippen LogP contribution in [0.3, 0.4) is 0 Å². The summed E-state index contributed by atoms with van der Waals surface area (Å²) in [4.78, 5) is 24.8. The van der Waals surface area contributed by atoms with Gasteiger partial charge in [-0.1, -0.05) is 56.3 Å². The number of thiol groups is 1. The van der Waals surface area contributed by atoms with Gasteiger partial charge < -0.3 is 15.5 Å². The Hall–Kier alpha value is -2.47. The highest BCUT2D eigenvalue weighted by atomic mass is 32.1. The van der Waals surface area contributed by atoms with Crippen LogP contribution in [-0.4, -0.2) is 33.4 Å². The fourth-order valence-electron chi connectivity index (χ4n) is 3.27. The lowest BCUT2D eigenvalue weighted by atomic mass is 9.90. The molecule has 29 heavy (non-hydrogen) atoms. The minimum Gasteiger partial charge on any atom is -0.508 e. The third-order valence-electron chi connectivity index (χ3n) is 4.80. The highest BCUT2D eigenvalue weighted by Crippen LogP contribution is 2.23. The maximum absolute atomic E-state index is 13.1. The van der Waals surface area contributed by atoms with E-state index >= 15 is 0 Å². The summed E-state index contributed by atoms with van der Waals surface area (Å²) in [5.41, 5.74) is 1.74. The summed E-state index contributed by atoms with van der Waals surface area (Å²) < 4.78 is 0. The molecule has 0 aliphatic carbocycles. The van der Waals surface area contributed by atoms with Crippen LogP contribution in [0.2, 0.25) is 0 Å². The SMILES string of the molecule is CC(C)CC(S)C(Cc1ccccc1)C(=O)N[C@@H](Cc1ccc(O)cc1)C(=O)O. The van der Waals surface area contributed by atoms with Crippen LogP contribution in [-0.2, 0) is 22.4 Å². The van der Waals surface area contributed by atoms with Gasteiger partial charge in [-0.3, -0.25) is 4.79 Å². The van der Waals surface area contributed by atoms with E-state index in [2.05, 4.69) is 31.8 Å². The Balaban J connectivity index is 2.15. The molecule has 5 nitrogen and oxygen atoms in total. The van der Waals surface area contributed by atoms with Gasteiger partial charge in [0.25, 0.3) is 0 Å². The number of nitrogens with one attached hydrogen (secondary N) is 1. The molecular weight excluding hydrogens is 386 g/mol.